The minimum Gasteiger partial charge on any atom is -0.493 e. The Labute approximate surface area is 141 Å². The first-order chi connectivity index (χ1) is 11.2. The van der Waals surface area contributed by atoms with E-state index >= 15 is 0 Å². The maximum absolute atomic E-state index is 5.71. The largest absolute Gasteiger partial charge is 0.493 e. The van der Waals surface area contributed by atoms with E-state index in [1.165, 1.54) is 26.1 Å². The van der Waals surface area contributed by atoms with E-state index in [1.54, 1.807) is 25.6 Å². The molecule has 0 saturated heterocycles. The number of hydrogen-bond acceptors (Lipinski definition) is 3. The van der Waals surface area contributed by atoms with Crippen molar-refractivity contribution in [2.45, 2.75) is 13.8 Å². The fraction of sp³-hybridized carbons (Fsp3) is 0.200. The lowest BCUT2D eigenvalue weighted by Crippen LogP contribution is -1.97. The standard InChI is InChI=1S/C20H20O2S/c1-5-8-15-13(2)11-16(21-3)20(22-4)19(15)18-12-14-9-6-7-10-17(14)23-18/h5-12H,1-4H3/b8-5-. The quantitative estimate of drug-likeness (QED) is 0.592. The molecular weight excluding hydrogens is 304 g/mol. The topological polar surface area (TPSA) is 18.5 Å². The van der Waals surface area contributed by atoms with E-state index in [-0.39, 0.29) is 0 Å². The lowest BCUT2D eigenvalue weighted by Gasteiger charge is -2.17. The monoisotopic (exact) mass is 324 g/mol. The van der Waals surface area contributed by atoms with Crippen LogP contribution in [0.3, 0.4) is 0 Å². The van der Waals surface area contributed by atoms with Crippen molar-refractivity contribution < 1.29 is 9.47 Å². The fourth-order valence-electron chi connectivity index (χ4n) is 2.87. The maximum atomic E-state index is 5.71. The van der Waals surface area contributed by atoms with Crippen LogP contribution in [0.4, 0.5) is 0 Å². The minimum absolute atomic E-state index is 0.769. The number of ether oxygens (including phenoxy) is 2. The van der Waals surface area contributed by atoms with E-state index in [4.69, 9.17) is 9.47 Å². The van der Waals surface area contributed by atoms with Crippen molar-refractivity contribution in [2.24, 2.45) is 0 Å². The Morgan fingerprint density at radius 1 is 1.04 bits per heavy atom. The lowest BCUT2D eigenvalue weighted by atomic mass is 9.98. The Morgan fingerprint density at radius 3 is 2.48 bits per heavy atom. The summed E-state index contributed by atoms with van der Waals surface area (Å²) < 4.78 is 12.5. The van der Waals surface area contributed by atoms with E-state index in [9.17, 15) is 0 Å². The van der Waals surface area contributed by atoms with Crippen LogP contribution in [0.15, 0.2) is 42.5 Å². The van der Waals surface area contributed by atoms with Crippen LogP contribution < -0.4 is 9.47 Å². The summed E-state index contributed by atoms with van der Waals surface area (Å²) >= 11 is 1.78. The number of thiophene rings is 1. The average Bonchev–Trinajstić information content (AvgIpc) is 2.99. The Bertz CT molecular complexity index is 842. The first kappa shape index (κ1) is 15.6. The summed E-state index contributed by atoms with van der Waals surface area (Å²) in [5, 5.41) is 1.25. The molecule has 0 aliphatic carbocycles. The Morgan fingerprint density at radius 2 is 1.83 bits per heavy atom. The third-order valence-corrected chi connectivity index (χ3v) is 5.06. The third-order valence-electron chi connectivity index (χ3n) is 3.92. The van der Waals surface area contributed by atoms with Gasteiger partial charge < -0.3 is 9.47 Å². The molecule has 118 valence electrons. The van der Waals surface area contributed by atoms with E-state index in [1.807, 2.05) is 13.0 Å². The van der Waals surface area contributed by atoms with E-state index in [2.05, 4.69) is 49.4 Å². The van der Waals surface area contributed by atoms with Crippen LogP contribution >= 0.6 is 11.3 Å². The molecule has 0 unspecified atom stereocenters. The number of rotatable bonds is 4. The Hall–Kier alpha value is -2.26. The maximum Gasteiger partial charge on any atom is 0.169 e. The highest BCUT2D eigenvalue weighted by molar-refractivity contribution is 7.22. The van der Waals surface area contributed by atoms with Crippen LogP contribution in [-0.4, -0.2) is 14.2 Å². The van der Waals surface area contributed by atoms with Crippen molar-refractivity contribution in [2.75, 3.05) is 14.2 Å². The lowest BCUT2D eigenvalue weighted by molar-refractivity contribution is 0.356. The average molecular weight is 324 g/mol. The van der Waals surface area contributed by atoms with Crippen molar-refractivity contribution in [3.8, 4) is 21.9 Å². The molecule has 0 amide bonds. The molecule has 0 bridgehead atoms. The number of fused-ring (bicyclic) bond motifs is 1. The number of hydrogen-bond donors (Lipinski definition) is 0. The molecular formula is C20H20O2S. The summed E-state index contributed by atoms with van der Waals surface area (Å²) in [4.78, 5) is 1.19. The predicted molar refractivity (Wildman–Crippen MR) is 99.8 cm³/mol. The predicted octanol–water partition coefficient (Wildman–Crippen LogP) is 5.93. The highest BCUT2D eigenvalue weighted by Crippen LogP contribution is 2.46. The van der Waals surface area contributed by atoms with Gasteiger partial charge in [-0.15, -0.1) is 11.3 Å². The minimum atomic E-state index is 0.769. The molecule has 0 aliphatic rings. The summed E-state index contributed by atoms with van der Waals surface area (Å²) in [6, 6.07) is 12.7. The third kappa shape index (κ3) is 2.73. The molecule has 1 heterocycles. The van der Waals surface area contributed by atoms with Gasteiger partial charge in [-0.05, 0) is 48.6 Å². The molecule has 0 spiro atoms. The molecule has 3 heteroatoms. The summed E-state index contributed by atoms with van der Waals surface area (Å²) in [6.45, 7) is 4.14. The SMILES string of the molecule is C/C=C\c1c(C)cc(OC)c(OC)c1-c1cc2ccccc2s1. The number of benzene rings is 2. The van der Waals surface area contributed by atoms with Gasteiger partial charge in [0.2, 0.25) is 0 Å². The van der Waals surface area contributed by atoms with E-state index in [0.29, 0.717) is 0 Å². The summed E-state index contributed by atoms with van der Waals surface area (Å²) in [7, 11) is 3.38. The molecule has 0 radical (unpaired) electrons. The van der Waals surface area contributed by atoms with Crippen molar-refractivity contribution in [3.63, 3.8) is 0 Å². The number of aryl methyl sites for hydroxylation is 1. The van der Waals surface area contributed by atoms with Crippen LogP contribution in [0.1, 0.15) is 18.1 Å². The molecule has 3 aromatic rings. The van der Waals surface area contributed by atoms with Gasteiger partial charge in [0.05, 0.1) is 14.2 Å². The van der Waals surface area contributed by atoms with E-state index in [0.717, 1.165) is 17.1 Å². The first-order valence-electron chi connectivity index (χ1n) is 7.56. The van der Waals surface area contributed by atoms with Gasteiger partial charge in [0.15, 0.2) is 11.5 Å². The molecule has 1 aromatic heterocycles. The zero-order chi connectivity index (χ0) is 16.4. The highest BCUT2D eigenvalue weighted by Gasteiger charge is 2.19. The second kappa shape index (κ2) is 6.47. The highest BCUT2D eigenvalue weighted by atomic mass is 32.1. The van der Waals surface area contributed by atoms with Gasteiger partial charge >= 0.3 is 0 Å². The zero-order valence-corrected chi connectivity index (χ0v) is 14.7. The van der Waals surface area contributed by atoms with Crippen LogP contribution in [0.5, 0.6) is 11.5 Å². The van der Waals surface area contributed by atoms with Gasteiger partial charge in [-0.25, -0.2) is 0 Å². The molecule has 2 nitrogen and oxygen atoms in total. The molecule has 0 atom stereocenters. The van der Waals surface area contributed by atoms with Crippen molar-refractivity contribution in [1.29, 1.82) is 0 Å². The first-order valence-corrected chi connectivity index (χ1v) is 8.38. The smallest absolute Gasteiger partial charge is 0.169 e. The van der Waals surface area contributed by atoms with E-state index < -0.39 is 0 Å². The molecule has 0 fully saturated rings. The zero-order valence-electron chi connectivity index (χ0n) is 13.8. The van der Waals surface area contributed by atoms with Gasteiger partial charge in [0, 0.05) is 15.1 Å². The molecule has 3 rings (SSSR count). The molecule has 23 heavy (non-hydrogen) atoms. The van der Waals surface area contributed by atoms with Crippen LogP contribution in [-0.2, 0) is 0 Å². The normalized spacial score (nSPS) is 11.3. The van der Waals surface area contributed by atoms with Crippen LogP contribution in [0, 0.1) is 6.92 Å². The fourth-order valence-corrected chi connectivity index (χ4v) is 3.99. The van der Waals surface area contributed by atoms with Gasteiger partial charge in [-0.2, -0.15) is 0 Å². The van der Waals surface area contributed by atoms with Gasteiger partial charge in [-0.1, -0.05) is 30.4 Å². The molecule has 0 aliphatic heterocycles. The van der Waals surface area contributed by atoms with Gasteiger partial charge in [0.25, 0.3) is 0 Å². The second-order valence-electron chi connectivity index (χ2n) is 5.37. The van der Waals surface area contributed by atoms with Crippen molar-refractivity contribution in [1.82, 2.24) is 0 Å². The second-order valence-corrected chi connectivity index (χ2v) is 6.45. The van der Waals surface area contributed by atoms with Crippen LogP contribution in [0.25, 0.3) is 26.6 Å². The molecule has 2 aromatic carbocycles. The summed E-state index contributed by atoms with van der Waals surface area (Å²) in [5.74, 6) is 1.56. The Balaban J connectivity index is 2.36. The summed E-state index contributed by atoms with van der Waals surface area (Å²) in [6.07, 6.45) is 4.20. The summed E-state index contributed by atoms with van der Waals surface area (Å²) in [5.41, 5.74) is 3.45. The molecule has 0 saturated carbocycles. The van der Waals surface area contributed by atoms with Gasteiger partial charge in [0.1, 0.15) is 0 Å². The number of methoxy groups -OCH3 is 2. The van der Waals surface area contributed by atoms with Crippen molar-refractivity contribution in [3.05, 3.63) is 53.6 Å². The van der Waals surface area contributed by atoms with Crippen LogP contribution in [0.2, 0.25) is 0 Å². The number of allylic oxidation sites excluding steroid dienone is 1. The molecule has 0 N–H and O–H groups in total. The van der Waals surface area contributed by atoms with Crippen molar-refractivity contribution >= 4 is 27.5 Å². The Kier molecular flexibility index (Phi) is 4.39. The van der Waals surface area contributed by atoms with Gasteiger partial charge in [-0.3, -0.25) is 0 Å².